The first-order valence-corrected chi connectivity index (χ1v) is 7.92. The zero-order valence-corrected chi connectivity index (χ0v) is 13.7. The Morgan fingerprint density at radius 3 is 2.50 bits per heavy atom. The molecule has 2 rings (SSSR count). The van der Waals surface area contributed by atoms with Crippen LogP contribution in [0.2, 0.25) is 10.0 Å². The van der Waals surface area contributed by atoms with Crippen LogP contribution in [0.1, 0.15) is 25.3 Å². The fourth-order valence-electron chi connectivity index (χ4n) is 2.85. The summed E-state index contributed by atoms with van der Waals surface area (Å²) < 4.78 is 0. The molecule has 0 amide bonds. The molecule has 0 radical (unpaired) electrons. The van der Waals surface area contributed by atoms with E-state index in [1.807, 2.05) is 12.1 Å². The smallest absolute Gasteiger partial charge is 0.0693 e. The Hall–Kier alpha value is -0.480. The number of halogens is 2. The van der Waals surface area contributed by atoms with Gasteiger partial charge < -0.3 is 10.6 Å². The lowest BCUT2D eigenvalue weighted by Gasteiger charge is -2.30. The van der Waals surface area contributed by atoms with Crippen LogP contribution in [0, 0.1) is 0 Å². The van der Waals surface area contributed by atoms with Gasteiger partial charge in [-0.2, -0.15) is 0 Å². The molecule has 1 atom stereocenters. The summed E-state index contributed by atoms with van der Waals surface area (Å²) in [6, 6.07) is 4.45. The Morgan fingerprint density at radius 2 is 1.90 bits per heavy atom. The minimum absolute atomic E-state index is 0.472. The standard InChI is InChI=1S/C15H23Cl2N3/c1-3-12-10-19(2)5-4-6-20(12)9-11-7-13(16)15(18)14(17)8-11/h7-8,12H,3-6,9-10,18H2,1-2H3. The first kappa shape index (κ1) is 15.9. The first-order chi connectivity index (χ1) is 9.51. The quantitative estimate of drug-likeness (QED) is 0.867. The van der Waals surface area contributed by atoms with Gasteiger partial charge >= 0.3 is 0 Å². The van der Waals surface area contributed by atoms with Crippen LogP contribution in [0.4, 0.5) is 5.69 Å². The van der Waals surface area contributed by atoms with Crippen LogP contribution in [0.5, 0.6) is 0 Å². The maximum atomic E-state index is 6.13. The third-order valence-corrected chi connectivity index (χ3v) is 4.65. The molecule has 5 heteroatoms. The molecule has 1 aromatic rings. The Balaban J connectivity index is 2.14. The van der Waals surface area contributed by atoms with Crippen molar-refractivity contribution in [2.24, 2.45) is 0 Å². The number of rotatable bonds is 3. The van der Waals surface area contributed by atoms with E-state index in [9.17, 15) is 0 Å². The van der Waals surface area contributed by atoms with E-state index in [4.69, 9.17) is 28.9 Å². The van der Waals surface area contributed by atoms with E-state index in [0.29, 0.717) is 21.8 Å². The molecule has 0 spiro atoms. The Kier molecular flexibility index (Phi) is 5.56. The zero-order valence-electron chi connectivity index (χ0n) is 12.2. The van der Waals surface area contributed by atoms with Crippen LogP contribution in [0.3, 0.4) is 0 Å². The fourth-order valence-corrected chi connectivity index (χ4v) is 3.38. The van der Waals surface area contributed by atoms with E-state index in [1.54, 1.807) is 0 Å². The van der Waals surface area contributed by atoms with Crippen molar-refractivity contribution in [3.63, 3.8) is 0 Å². The van der Waals surface area contributed by atoms with Crippen LogP contribution in [0.25, 0.3) is 0 Å². The van der Waals surface area contributed by atoms with Crippen molar-refractivity contribution in [2.75, 3.05) is 32.4 Å². The molecule has 1 aliphatic rings. The third-order valence-electron chi connectivity index (χ3n) is 4.02. The normalized spacial score (nSPS) is 21.9. The van der Waals surface area contributed by atoms with Crippen LogP contribution in [-0.2, 0) is 6.54 Å². The average molecular weight is 316 g/mol. The van der Waals surface area contributed by atoms with E-state index in [1.165, 1.54) is 6.42 Å². The van der Waals surface area contributed by atoms with Gasteiger partial charge in [0.1, 0.15) is 0 Å². The van der Waals surface area contributed by atoms with Gasteiger partial charge in [-0.3, -0.25) is 4.90 Å². The van der Waals surface area contributed by atoms with Gasteiger partial charge in [-0.25, -0.2) is 0 Å². The molecule has 1 heterocycles. The monoisotopic (exact) mass is 315 g/mol. The molecule has 20 heavy (non-hydrogen) atoms. The molecule has 0 aromatic heterocycles. The summed E-state index contributed by atoms with van der Waals surface area (Å²) in [5.74, 6) is 0. The van der Waals surface area contributed by atoms with Crippen LogP contribution in [0.15, 0.2) is 12.1 Å². The van der Waals surface area contributed by atoms with Crippen molar-refractivity contribution in [1.82, 2.24) is 9.80 Å². The Labute approximate surface area is 131 Å². The molecule has 0 bridgehead atoms. The number of nitrogens with two attached hydrogens (primary N) is 1. The third kappa shape index (κ3) is 3.79. The number of anilines is 1. The highest BCUT2D eigenvalue weighted by Gasteiger charge is 2.22. The van der Waals surface area contributed by atoms with Crippen molar-refractivity contribution in [1.29, 1.82) is 0 Å². The lowest BCUT2D eigenvalue weighted by Crippen LogP contribution is -2.39. The average Bonchev–Trinajstić information content (AvgIpc) is 2.57. The maximum Gasteiger partial charge on any atom is 0.0693 e. The van der Waals surface area contributed by atoms with E-state index >= 15 is 0 Å². The highest BCUT2D eigenvalue weighted by Crippen LogP contribution is 2.30. The summed E-state index contributed by atoms with van der Waals surface area (Å²) in [6.07, 6.45) is 2.35. The first-order valence-electron chi connectivity index (χ1n) is 7.17. The largest absolute Gasteiger partial charge is 0.396 e. The van der Waals surface area contributed by atoms with Crippen molar-refractivity contribution in [3.8, 4) is 0 Å². The highest BCUT2D eigenvalue weighted by atomic mass is 35.5. The summed E-state index contributed by atoms with van der Waals surface area (Å²) in [5, 5.41) is 1.10. The predicted molar refractivity (Wildman–Crippen MR) is 87.5 cm³/mol. The zero-order chi connectivity index (χ0) is 14.7. The molecule has 1 unspecified atom stereocenters. The molecule has 1 aliphatic heterocycles. The van der Waals surface area contributed by atoms with Crippen molar-refractivity contribution in [2.45, 2.75) is 32.4 Å². The molecule has 112 valence electrons. The van der Waals surface area contributed by atoms with Gasteiger partial charge in [0.15, 0.2) is 0 Å². The van der Waals surface area contributed by atoms with E-state index < -0.39 is 0 Å². The van der Waals surface area contributed by atoms with Gasteiger partial charge in [0, 0.05) is 25.7 Å². The topological polar surface area (TPSA) is 32.5 Å². The van der Waals surface area contributed by atoms with Crippen LogP contribution < -0.4 is 5.73 Å². The summed E-state index contributed by atoms with van der Waals surface area (Å²) in [4.78, 5) is 4.94. The predicted octanol–water partition coefficient (Wildman–Crippen LogP) is 3.49. The fraction of sp³-hybridized carbons (Fsp3) is 0.600. The molecule has 2 N–H and O–H groups in total. The second-order valence-corrected chi connectivity index (χ2v) is 6.44. The molecule has 0 aliphatic carbocycles. The number of likely N-dealkylation sites (N-methyl/N-ethyl adjacent to an activating group) is 1. The van der Waals surface area contributed by atoms with E-state index in [2.05, 4.69) is 23.8 Å². The van der Waals surface area contributed by atoms with Gasteiger partial charge in [0.05, 0.1) is 15.7 Å². The van der Waals surface area contributed by atoms with E-state index in [-0.39, 0.29) is 0 Å². The van der Waals surface area contributed by atoms with Gasteiger partial charge in [-0.05, 0) is 44.1 Å². The van der Waals surface area contributed by atoms with Gasteiger partial charge in [-0.1, -0.05) is 30.1 Å². The molecular formula is C15H23Cl2N3. The number of hydrogen-bond donors (Lipinski definition) is 1. The number of benzene rings is 1. The number of nitrogen functional groups attached to an aromatic ring is 1. The van der Waals surface area contributed by atoms with Gasteiger partial charge in [-0.15, -0.1) is 0 Å². The second-order valence-electron chi connectivity index (χ2n) is 5.62. The van der Waals surface area contributed by atoms with Crippen molar-refractivity contribution in [3.05, 3.63) is 27.7 Å². The maximum absolute atomic E-state index is 6.13. The molecule has 0 saturated carbocycles. The minimum atomic E-state index is 0.472. The summed E-state index contributed by atoms with van der Waals surface area (Å²) >= 11 is 12.3. The lowest BCUT2D eigenvalue weighted by atomic mass is 10.1. The molecule has 3 nitrogen and oxygen atoms in total. The molecular weight excluding hydrogens is 293 g/mol. The number of hydrogen-bond acceptors (Lipinski definition) is 3. The van der Waals surface area contributed by atoms with Gasteiger partial charge in [0.2, 0.25) is 0 Å². The van der Waals surface area contributed by atoms with Gasteiger partial charge in [0.25, 0.3) is 0 Å². The molecule has 1 aromatic carbocycles. The summed E-state index contributed by atoms with van der Waals surface area (Å²) in [7, 11) is 2.20. The van der Waals surface area contributed by atoms with Crippen molar-refractivity contribution >= 4 is 28.9 Å². The Morgan fingerprint density at radius 1 is 1.25 bits per heavy atom. The van der Waals surface area contributed by atoms with Crippen LogP contribution in [-0.4, -0.2) is 42.5 Å². The summed E-state index contributed by atoms with van der Waals surface area (Å²) in [5.41, 5.74) is 7.40. The lowest BCUT2D eigenvalue weighted by molar-refractivity contribution is 0.176. The second kappa shape index (κ2) is 6.99. The highest BCUT2D eigenvalue weighted by molar-refractivity contribution is 6.38. The summed E-state index contributed by atoms with van der Waals surface area (Å²) in [6.45, 7) is 6.53. The molecule has 1 saturated heterocycles. The van der Waals surface area contributed by atoms with E-state index in [0.717, 1.165) is 38.2 Å². The van der Waals surface area contributed by atoms with Crippen LogP contribution >= 0.6 is 23.2 Å². The van der Waals surface area contributed by atoms with Crippen molar-refractivity contribution < 1.29 is 0 Å². The number of nitrogens with zero attached hydrogens (tertiary/aromatic N) is 2. The minimum Gasteiger partial charge on any atom is -0.396 e. The SMILES string of the molecule is CCC1CN(C)CCCN1Cc1cc(Cl)c(N)c(Cl)c1. The Bertz CT molecular complexity index is 441. The molecule has 1 fully saturated rings.